The number of hydrogen-bond donors (Lipinski definition) is 1. The summed E-state index contributed by atoms with van der Waals surface area (Å²) in [7, 11) is 0. The minimum absolute atomic E-state index is 0.0237. The van der Waals surface area contributed by atoms with Crippen LogP contribution in [0.25, 0.3) is 11.3 Å². The second-order valence-corrected chi connectivity index (χ2v) is 6.95. The summed E-state index contributed by atoms with van der Waals surface area (Å²) in [5.41, 5.74) is 2.10. The van der Waals surface area contributed by atoms with E-state index in [0.29, 0.717) is 0 Å². The van der Waals surface area contributed by atoms with Gasteiger partial charge in [0.15, 0.2) is 5.13 Å². The van der Waals surface area contributed by atoms with Crippen molar-refractivity contribution >= 4 is 28.1 Å². The molecule has 0 atom stereocenters. The van der Waals surface area contributed by atoms with Gasteiger partial charge in [-0.2, -0.15) is 0 Å². The first kappa shape index (κ1) is 13.4. The predicted octanol–water partition coefficient (Wildman–Crippen LogP) is 4.98. The van der Waals surface area contributed by atoms with Crippen molar-refractivity contribution in [3.63, 3.8) is 0 Å². The van der Waals surface area contributed by atoms with E-state index in [4.69, 9.17) is 11.6 Å². The molecular weight excluding hydrogens is 264 g/mol. The minimum Gasteiger partial charge on any atom is -0.357 e. The Bertz CT molecular complexity index is 555. The third kappa shape index (κ3) is 3.24. The highest BCUT2D eigenvalue weighted by Crippen LogP contribution is 2.32. The van der Waals surface area contributed by atoms with Gasteiger partial charge in [-0.1, -0.05) is 23.7 Å². The number of thiazole rings is 1. The summed E-state index contributed by atoms with van der Waals surface area (Å²) in [5, 5.41) is 5.10. The van der Waals surface area contributed by atoms with E-state index in [1.54, 1.807) is 11.3 Å². The Hall–Kier alpha value is -1.06. The summed E-state index contributed by atoms with van der Waals surface area (Å²) in [5.74, 6) is 0. The van der Waals surface area contributed by atoms with Crippen molar-refractivity contribution in [1.82, 2.24) is 4.98 Å². The smallest absolute Gasteiger partial charge is 0.183 e. The van der Waals surface area contributed by atoms with Crippen LogP contribution in [-0.4, -0.2) is 10.5 Å². The first-order valence-corrected chi connectivity index (χ1v) is 7.06. The van der Waals surface area contributed by atoms with Gasteiger partial charge in [-0.15, -0.1) is 11.3 Å². The van der Waals surface area contributed by atoms with Gasteiger partial charge < -0.3 is 5.32 Å². The number of halogens is 1. The second-order valence-electron chi connectivity index (χ2n) is 5.31. The average Bonchev–Trinajstić information content (AvgIpc) is 2.56. The molecule has 0 aliphatic rings. The molecule has 0 fully saturated rings. The molecule has 1 heterocycles. The van der Waals surface area contributed by atoms with E-state index in [2.05, 4.69) is 38.0 Å². The molecule has 1 N–H and O–H groups in total. The number of hydrogen-bond acceptors (Lipinski definition) is 3. The number of nitrogens with zero attached hydrogens (tertiary/aromatic N) is 1. The molecule has 0 saturated heterocycles. The Morgan fingerprint density at radius 1 is 1.28 bits per heavy atom. The Morgan fingerprint density at radius 2 is 2.00 bits per heavy atom. The van der Waals surface area contributed by atoms with Crippen molar-refractivity contribution in [2.24, 2.45) is 0 Å². The molecule has 0 radical (unpaired) electrons. The fraction of sp³-hybridized carbons (Fsp3) is 0.357. The van der Waals surface area contributed by atoms with Crippen LogP contribution >= 0.6 is 22.9 Å². The maximum absolute atomic E-state index is 6.02. The van der Waals surface area contributed by atoms with E-state index in [1.165, 1.54) is 4.88 Å². The molecule has 0 amide bonds. The van der Waals surface area contributed by atoms with Gasteiger partial charge in [-0.25, -0.2) is 4.98 Å². The summed E-state index contributed by atoms with van der Waals surface area (Å²) in [4.78, 5) is 5.85. The van der Waals surface area contributed by atoms with Crippen molar-refractivity contribution in [3.8, 4) is 11.3 Å². The highest BCUT2D eigenvalue weighted by molar-refractivity contribution is 7.16. The van der Waals surface area contributed by atoms with Crippen molar-refractivity contribution in [1.29, 1.82) is 0 Å². The van der Waals surface area contributed by atoms with E-state index in [9.17, 15) is 0 Å². The predicted molar refractivity (Wildman–Crippen MR) is 80.7 cm³/mol. The van der Waals surface area contributed by atoms with Gasteiger partial charge in [0, 0.05) is 21.0 Å². The fourth-order valence-corrected chi connectivity index (χ4v) is 2.91. The molecule has 0 bridgehead atoms. The molecule has 0 aliphatic carbocycles. The number of nitrogens with one attached hydrogen (secondary N) is 1. The summed E-state index contributed by atoms with van der Waals surface area (Å²) in [6.07, 6.45) is 0. The molecule has 4 heteroatoms. The van der Waals surface area contributed by atoms with Crippen molar-refractivity contribution in [3.05, 3.63) is 34.2 Å². The van der Waals surface area contributed by atoms with Crippen LogP contribution in [-0.2, 0) is 0 Å². The monoisotopic (exact) mass is 280 g/mol. The lowest BCUT2D eigenvalue weighted by Gasteiger charge is -2.19. The fourth-order valence-electron chi connectivity index (χ4n) is 1.67. The number of rotatable bonds is 2. The summed E-state index contributed by atoms with van der Waals surface area (Å²) in [6.45, 7) is 8.47. The molecule has 96 valence electrons. The summed E-state index contributed by atoms with van der Waals surface area (Å²) >= 11 is 7.70. The number of benzene rings is 1. The van der Waals surface area contributed by atoms with Crippen LogP contribution in [0, 0.1) is 6.92 Å². The largest absolute Gasteiger partial charge is 0.357 e. The van der Waals surface area contributed by atoms with Crippen LogP contribution in [0.4, 0.5) is 5.13 Å². The van der Waals surface area contributed by atoms with Gasteiger partial charge in [-0.3, -0.25) is 0 Å². The van der Waals surface area contributed by atoms with E-state index in [-0.39, 0.29) is 5.54 Å². The Labute approximate surface area is 117 Å². The zero-order valence-electron chi connectivity index (χ0n) is 11.0. The molecule has 1 aromatic carbocycles. The van der Waals surface area contributed by atoms with Crippen LogP contribution in [0.1, 0.15) is 25.6 Å². The van der Waals surface area contributed by atoms with Crippen LogP contribution in [0.2, 0.25) is 5.02 Å². The highest BCUT2D eigenvalue weighted by Gasteiger charge is 2.15. The quantitative estimate of drug-likeness (QED) is 0.839. The topological polar surface area (TPSA) is 24.9 Å². The molecule has 2 nitrogen and oxygen atoms in total. The minimum atomic E-state index is 0.0237. The van der Waals surface area contributed by atoms with Gasteiger partial charge >= 0.3 is 0 Å². The van der Waals surface area contributed by atoms with Crippen LogP contribution in [0.15, 0.2) is 24.3 Å². The lowest BCUT2D eigenvalue weighted by molar-refractivity contribution is 0.633. The Morgan fingerprint density at radius 3 is 2.61 bits per heavy atom. The maximum atomic E-state index is 6.02. The molecule has 2 rings (SSSR count). The zero-order valence-corrected chi connectivity index (χ0v) is 12.6. The SMILES string of the molecule is Cc1sc(NC(C)(C)C)nc1-c1cccc(Cl)c1. The van der Waals surface area contributed by atoms with Crippen LogP contribution < -0.4 is 5.32 Å². The van der Waals surface area contributed by atoms with Gasteiger partial charge in [0.1, 0.15) is 0 Å². The highest BCUT2D eigenvalue weighted by atomic mass is 35.5. The van der Waals surface area contributed by atoms with E-state index in [0.717, 1.165) is 21.4 Å². The second kappa shape index (κ2) is 4.90. The molecule has 0 saturated carbocycles. The van der Waals surface area contributed by atoms with Crippen LogP contribution in [0.3, 0.4) is 0 Å². The third-order valence-electron chi connectivity index (χ3n) is 2.38. The first-order chi connectivity index (χ1) is 8.35. The normalized spacial score (nSPS) is 11.6. The lowest BCUT2D eigenvalue weighted by Crippen LogP contribution is -2.25. The molecule has 2 aromatic rings. The average molecular weight is 281 g/mol. The number of aryl methyl sites for hydroxylation is 1. The molecule has 0 aliphatic heterocycles. The van der Waals surface area contributed by atoms with Gasteiger partial charge in [0.2, 0.25) is 0 Å². The van der Waals surface area contributed by atoms with E-state index in [1.807, 2.05) is 24.3 Å². The molecule has 0 spiro atoms. The zero-order chi connectivity index (χ0) is 13.3. The van der Waals surface area contributed by atoms with E-state index >= 15 is 0 Å². The molecule has 1 aromatic heterocycles. The lowest BCUT2D eigenvalue weighted by atomic mass is 10.1. The van der Waals surface area contributed by atoms with E-state index < -0.39 is 0 Å². The molecule has 18 heavy (non-hydrogen) atoms. The summed E-state index contributed by atoms with van der Waals surface area (Å²) in [6, 6.07) is 7.81. The van der Waals surface area contributed by atoms with Crippen LogP contribution in [0.5, 0.6) is 0 Å². The Kier molecular flexibility index (Phi) is 3.64. The number of anilines is 1. The van der Waals surface area contributed by atoms with Gasteiger partial charge in [0.25, 0.3) is 0 Å². The molecule has 0 unspecified atom stereocenters. The van der Waals surface area contributed by atoms with Crippen molar-refractivity contribution < 1.29 is 0 Å². The maximum Gasteiger partial charge on any atom is 0.183 e. The van der Waals surface area contributed by atoms with Crippen molar-refractivity contribution in [2.75, 3.05) is 5.32 Å². The van der Waals surface area contributed by atoms with Gasteiger partial charge in [0.05, 0.1) is 5.69 Å². The van der Waals surface area contributed by atoms with Crippen molar-refractivity contribution in [2.45, 2.75) is 33.2 Å². The standard InChI is InChI=1S/C14H17ClN2S/c1-9-12(10-6-5-7-11(15)8-10)16-13(18-9)17-14(2,3)4/h5-8H,1-4H3,(H,16,17). The first-order valence-electron chi connectivity index (χ1n) is 5.87. The Balaban J connectivity index is 2.35. The third-order valence-corrected chi connectivity index (χ3v) is 3.50. The number of aromatic nitrogens is 1. The molecular formula is C14H17ClN2S. The summed E-state index contributed by atoms with van der Waals surface area (Å²) < 4.78 is 0. The van der Waals surface area contributed by atoms with Gasteiger partial charge in [-0.05, 0) is 39.8 Å².